The highest BCUT2D eigenvalue weighted by molar-refractivity contribution is 5.99. The van der Waals surface area contributed by atoms with E-state index in [2.05, 4.69) is 16.0 Å². The van der Waals surface area contributed by atoms with E-state index >= 15 is 0 Å². The van der Waals surface area contributed by atoms with E-state index in [0.717, 1.165) is 12.8 Å². The van der Waals surface area contributed by atoms with E-state index in [-0.39, 0.29) is 42.7 Å². The van der Waals surface area contributed by atoms with Crippen LogP contribution < -0.4 is 20.7 Å². The fraction of sp³-hybridized carbons (Fsp3) is 0.571. The number of rotatable bonds is 5. The van der Waals surface area contributed by atoms with Crippen LogP contribution in [0.5, 0.6) is 5.75 Å². The average molecular weight is 418 g/mol. The minimum absolute atomic E-state index is 0.0667. The summed E-state index contributed by atoms with van der Waals surface area (Å²) in [7, 11) is 3.36. The van der Waals surface area contributed by atoms with E-state index < -0.39 is 0 Å². The van der Waals surface area contributed by atoms with Crippen molar-refractivity contribution in [2.24, 2.45) is 0 Å². The van der Waals surface area contributed by atoms with Gasteiger partial charge < -0.3 is 30.3 Å². The number of likely N-dealkylation sites (N-methyl/N-ethyl adjacent to an activating group) is 1. The van der Waals surface area contributed by atoms with Crippen molar-refractivity contribution in [2.45, 2.75) is 50.9 Å². The van der Waals surface area contributed by atoms with Gasteiger partial charge in [-0.2, -0.15) is 0 Å². The second-order valence-corrected chi connectivity index (χ2v) is 7.64. The maximum atomic E-state index is 13.2. The predicted octanol–water partition coefficient (Wildman–Crippen LogP) is 1.73. The maximum Gasteiger partial charge on any atom is 0.319 e. The van der Waals surface area contributed by atoms with E-state index in [0.29, 0.717) is 36.4 Å². The molecule has 2 aliphatic rings. The van der Waals surface area contributed by atoms with Crippen LogP contribution in [0.15, 0.2) is 18.2 Å². The standard InChI is InChI=1S/C21H30N4O5/c1-4-9-23-21(28)24-13-5-8-17-15(10-13)20(27)25(3)16-7-6-14(11-19(26)22-2)30-18(16)12-29-17/h5,8,10,14,16,18H,4,6-7,9,11-12H2,1-3H3,(H,22,26)(H2,23,24,28)/t14-,16+,18+/m0/s1. The molecule has 1 fully saturated rings. The summed E-state index contributed by atoms with van der Waals surface area (Å²) in [5.74, 6) is 0.190. The lowest BCUT2D eigenvalue weighted by Crippen LogP contribution is -2.53. The summed E-state index contributed by atoms with van der Waals surface area (Å²) in [6, 6.07) is 4.57. The van der Waals surface area contributed by atoms with Crippen LogP contribution in [-0.4, -0.2) is 68.2 Å². The van der Waals surface area contributed by atoms with Crippen molar-refractivity contribution in [1.82, 2.24) is 15.5 Å². The van der Waals surface area contributed by atoms with Crippen molar-refractivity contribution in [3.63, 3.8) is 0 Å². The van der Waals surface area contributed by atoms with Gasteiger partial charge >= 0.3 is 6.03 Å². The van der Waals surface area contributed by atoms with E-state index in [9.17, 15) is 14.4 Å². The zero-order valence-electron chi connectivity index (χ0n) is 17.7. The van der Waals surface area contributed by atoms with Gasteiger partial charge in [-0.1, -0.05) is 6.92 Å². The molecule has 4 amide bonds. The molecule has 0 spiro atoms. The fourth-order valence-corrected chi connectivity index (χ4v) is 3.83. The minimum atomic E-state index is -0.313. The van der Waals surface area contributed by atoms with Gasteiger partial charge in [-0.3, -0.25) is 9.59 Å². The van der Waals surface area contributed by atoms with E-state index in [1.807, 2.05) is 6.92 Å². The number of anilines is 1. The molecule has 2 heterocycles. The molecule has 1 saturated heterocycles. The highest BCUT2D eigenvalue weighted by Crippen LogP contribution is 2.32. The van der Waals surface area contributed by atoms with Gasteiger partial charge in [0.05, 0.1) is 24.1 Å². The van der Waals surface area contributed by atoms with Gasteiger partial charge in [0, 0.05) is 26.3 Å². The monoisotopic (exact) mass is 418 g/mol. The molecule has 3 N–H and O–H groups in total. The second kappa shape index (κ2) is 9.80. The van der Waals surface area contributed by atoms with Crippen LogP contribution >= 0.6 is 0 Å². The molecule has 30 heavy (non-hydrogen) atoms. The Hall–Kier alpha value is -2.81. The van der Waals surface area contributed by atoms with Crippen LogP contribution in [0.2, 0.25) is 0 Å². The number of carbonyl (C=O) groups excluding carboxylic acids is 3. The first-order valence-electron chi connectivity index (χ1n) is 10.4. The van der Waals surface area contributed by atoms with Crippen molar-refractivity contribution >= 4 is 23.5 Å². The number of hydrogen-bond acceptors (Lipinski definition) is 5. The first kappa shape index (κ1) is 21.9. The molecule has 0 aromatic heterocycles. The van der Waals surface area contributed by atoms with Crippen molar-refractivity contribution in [3.8, 4) is 5.75 Å². The summed E-state index contributed by atoms with van der Waals surface area (Å²) >= 11 is 0. The number of benzene rings is 1. The number of carbonyl (C=O) groups is 3. The number of ether oxygens (including phenoxy) is 2. The van der Waals surface area contributed by atoms with Crippen LogP contribution in [0.4, 0.5) is 10.5 Å². The van der Waals surface area contributed by atoms with Gasteiger partial charge in [-0.15, -0.1) is 0 Å². The van der Waals surface area contributed by atoms with Crippen LogP contribution in [0.25, 0.3) is 0 Å². The highest BCUT2D eigenvalue weighted by atomic mass is 16.5. The van der Waals surface area contributed by atoms with Crippen LogP contribution in [0.3, 0.4) is 0 Å². The molecule has 3 atom stereocenters. The Balaban J connectivity index is 1.74. The van der Waals surface area contributed by atoms with Gasteiger partial charge in [0.25, 0.3) is 5.91 Å². The molecule has 164 valence electrons. The summed E-state index contributed by atoms with van der Waals surface area (Å²) in [4.78, 5) is 38.5. The first-order chi connectivity index (χ1) is 14.4. The number of urea groups is 1. The smallest absolute Gasteiger partial charge is 0.319 e. The molecule has 0 saturated carbocycles. The summed E-state index contributed by atoms with van der Waals surface area (Å²) in [6.45, 7) is 2.83. The molecule has 1 aromatic rings. The normalized spacial score (nSPS) is 23.2. The van der Waals surface area contributed by atoms with Crippen molar-refractivity contribution in [1.29, 1.82) is 0 Å². The Morgan fingerprint density at radius 1 is 1.27 bits per heavy atom. The Labute approximate surface area is 176 Å². The number of hydrogen-bond donors (Lipinski definition) is 3. The minimum Gasteiger partial charge on any atom is -0.490 e. The molecule has 3 rings (SSSR count). The van der Waals surface area contributed by atoms with E-state index in [4.69, 9.17) is 9.47 Å². The molecule has 9 heteroatoms. The third kappa shape index (κ3) is 5.02. The van der Waals surface area contributed by atoms with Crippen molar-refractivity contribution in [3.05, 3.63) is 23.8 Å². The molecular formula is C21H30N4O5. The molecule has 0 aliphatic carbocycles. The quantitative estimate of drug-likeness (QED) is 0.675. The zero-order valence-corrected chi connectivity index (χ0v) is 17.7. The number of amides is 4. The summed E-state index contributed by atoms with van der Waals surface area (Å²) < 4.78 is 12.0. The zero-order chi connectivity index (χ0) is 21.7. The first-order valence-corrected chi connectivity index (χ1v) is 10.4. The van der Waals surface area contributed by atoms with Crippen LogP contribution in [0.1, 0.15) is 43.0 Å². The third-order valence-electron chi connectivity index (χ3n) is 5.50. The molecule has 0 unspecified atom stereocenters. The maximum absolute atomic E-state index is 13.2. The molecule has 0 radical (unpaired) electrons. The SMILES string of the molecule is CCCNC(=O)Nc1ccc2c(c1)C(=O)N(C)[C@@H]1CC[C@@H](CC(=O)NC)O[C@@H]1CO2. The Morgan fingerprint density at radius 3 is 2.80 bits per heavy atom. The van der Waals surface area contributed by atoms with Gasteiger partial charge in [0.2, 0.25) is 5.91 Å². The third-order valence-corrected chi connectivity index (χ3v) is 5.50. The van der Waals surface area contributed by atoms with Gasteiger partial charge in [0.15, 0.2) is 0 Å². The summed E-state index contributed by atoms with van der Waals surface area (Å²) in [5, 5.41) is 8.10. The largest absolute Gasteiger partial charge is 0.490 e. The lowest BCUT2D eigenvalue weighted by Gasteiger charge is -2.42. The number of fused-ring (bicyclic) bond motifs is 2. The van der Waals surface area contributed by atoms with Crippen LogP contribution in [0, 0.1) is 0 Å². The molecule has 2 aliphatic heterocycles. The number of nitrogens with one attached hydrogen (secondary N) is 3. The van der Waals surface area contributed by atoms with Crippen molar-refractivity contribution < 1.29 is 23.9 Å². The van der Waals surface area contributed by atoms with E-state index in [1.54, 1.807) is 37.2 Å². The lowest BCUT2D eigenvalue weighted by atomic mass is 9.94. The fourth-order valence-electron chi connectivity index (χ4n) is 3.83. The van der Waals surface area contributed by atoms with Gasteiger partial charge in [-0.25, -0.2) is 4.79 Å². The Bertz CT molecular complexity index is 800. The van der Waals surface area contributed by atoms with Crippen molar-refractivity contribution in [2.75, 3.05) is 32.6 Å². The molecule has 0 bridgehead atoms. The lowest BCUT2D eigenvalue weighted by molar-refractivity contribution is -0.133. The van der Waals surface area contributed by atoms with Gasteiger partial charge in [-0.05, 0) is 37.5 Å². The predicted molar refractivity (Wildman–Crippen MR) is 112 cm³/mol. The van der Waals surface area contributed by atoms with Crippen LogP contribution in [-0.2, 0) is 9.53 Å². The Morgan fingerprint density at radius 2 is 2.07 bits per heavy atom. The summed E-state index contributed by atoms with van der Waals surface area (Å²) in [6.07, 6.45) is 2.05. The molecular weight excluding hydrogens is 388 g/mol. The summed E-state index contributed by atoms with van der Waals surface area (Å²) in [5.41, 5.74) is 0.923. The molecule has 9 nitrogen and oxygen atoms in total. The van der Waals surface area contributed by atoms with E-state index in [1.165, 1.54) is 0 Å². The molecule has 1 aromatic carbocycles. The Kier molecular flexibility index (Phi) is 7.15. The number of nitrogens with zero attached hydrogens (tertiary/aromatic N) is 1. The second-order valence-electron chi connectivity index (χ2n) is 7.64. The highest BCUT2D eigenvalue weighted by Gasteiger charge is 2.39. The van der Waals surface area contributed by atoms with Gasteiger partial charge in [0.1, 0.15) is 18.5 Å². The average Bonchev–Trinajstić information content (AvgIpc) is 2.75. The topological polar surface area (TPSA) is 109 Å².